The molecule has 0 spiro atoms. The Hall–Kier alpha value is -3.63. The largest absolute Gasteiger partial charge is 0.496 e. The van der Waals surface area contributed by atoms with Gasteiger partial charge in [0.1, 0.15) is 21.8 Å². The van der Waals surface area contributed by atoms with Crippen molar-refractivity contribution in [3.8, 4) is 11.5 Å². The molecule has 0 amide bonds. The Kier molecular flexibility index (Phi) is 6.21. The molecule has 0 fully saturated rings. The topological polar surface area (TPSA) is 124 Å². The van der Waals surface area contributed by atoms with Gasteiger partial charge in [-0.25, -0.2) is 8.42 Å². The highest BCUT2D eigenvalue weighted by molar-refractivity contribution is 7.92. The molecule has 2 aromatic heterocycles. The fourth-order valence-corrected chi connectivity index (χ4v) is 5.06. The van der Waals surface area contributed by atoms with Crippen molar-refractivity contribution in [2.24, 2.45) is 0 Å². The highest BCUT2D eigenvalue weighted by atomic mass is 32.2. The average Bonchev–Trinajstić information content (AvgIpc) is 3.24. The summed E-state index contributed by atoms with van der Waals surface area (Å²) in [6.07, 6.45) is 1.72. The van der Waals surface area contributed by atoms with E-state index in [-0.39, 0.29) is 27.9 Å². The van der Waals surface area contributed by atoms with Crippen molar-refractivity contribution in [1.29, 1.82) is 0 Å². The highest BCUT2D eigenvalue weighted by Crippen LogP contribution is 2.38. The van der Waals surface area contributed by atoms with Crippen molar-refractivity contribution >= 4 is 26.8 Å². The summed E-state index contributed by atoms with van der Waals surface area (Å²) in [6.45, 7) is 1.52. The second kappa shape index (κ2) is 9.08. The molecule has 0 radical (unpaired) electrons. The van der Waals surface area contributed by atoms with Gasteiger partial charge in [0, 0.05) is 23.4 Å². The summed E-state index contributed by atoms with van der Waals surface area (Å²) >= 11 is 0. The summed E-state index contributed by atoms with van der Waals surface area (Å²) in [6, 6.07) is 13.9. The number of pyridine rings is 1. The quantitative estimate of drug-likeness (QED) is 0.400. The first-order chi connectivity index (χ1) is 15.9. The minimum Gasteiger partial charge on any atom is -0.496 e. The number of aromatic nitrogens is 2. The van der Waals surface area contributed by atoms with Gasteiger partial charge >= 0.3 is 0 Å². The van der Waals surface area contributed by atoms with Crippen molar-refractivity contribution in [2.75, 3.05) is 18.9 Å². The minimum absolute atomic E-state index is 0.0336. The Balaban J connectivity index is 1.78. The van der Waals surface area contributed by atoms with Crippen LogP contribution in [0.25, 0.3) is 11.0 Å². The highest BCUT2D eigenvalue weighted by Gasteiger charge is 2.27. The molecule has 4 rings (SSSR count). The summed E-state index contributed by atoms with van der Waals surface area (Å²) in [5, 5.41) is 14.0. The summed E-state index contributed by atoms with van der Waals surface area (Å²) in [5.41, 5.74) is 2.28. The second-order valence-corrected chi connectivity index (χ2v) is 8.94. The molecule has 2 aromatic carbocycles. The number of benzene rings is 2. The number of hydrogen-bond acceptors (Lipinski definition) is 8. The van der Waals surface area contributed by atoms with Crippen molar-refractivity contribution < 1.29 is 27.5 Å². The van der Waals surface area contributed by atoms with Gasteiger partial charge in [0.05, 0.1) is 20.8 Å². The van der Waals surface area contributed by atoms with E-state index in [0.717, 1.165) is 11.3 Å². The third kappa shape index (κ3) is 4.22. The van der Waals surface area contributed by atoms with E-state index in [1.165, 1.54) is 26.4 Å². The van der Waals surface area contributed by atoms with Gasteiger partial charge in [-0.1, -0.05) is 30.3 Å². The molecule has 4 aromatic rings. The number of aliphatic hydroxyl groups excluding tert-OH is 1. The van der Waals surface area contributed by atoms with Gasteiger partial charge in [0.2, 0.25) is 0 Å². The predicted molar refractivity (Wildman–Crippen MR) is 122 cm³/mol. The monoisotopic (exact) mass is 469 g/mol. The number of sulfonamides is 1. The molecule has 33 heavy (non-hydrogen) atoms. The lowest BCUT2D eigenvalue weighted by molar-refractivity contribution is 0.276. The molecule has 0 aliphatic carbocycles. The van der Waals surface area contributed by atoms with Crippen molar-refractivity contribution in [3.05, 3.63) is 71.5 Å². The SMILES string of the molecule is COc1cccc(CO)c1S(=O)(=O)Nc1noc2cc(C(C)c3ccccn3)cc(OC)c12. The van der Waals surface area contributed by atoms with Crippen molar-refractivity contribution in [1.82, 2.24) is 10.1 Å². The Bertz CT molecular complexity index is 1360. The molecule has 0 saturated carbocycles. The zero-order chi connectivity index (χ0) is 23.6. The van der Waals surface area contributed by atoms with Crippen LogP contribution in [0, 0.1) is 0 Å². The van der Waals surface area contributed by atoms with Gasteiger partial charge in [-0.05, 0) is 35.9 Å². The van der Waals surface area contributed by atoms with Crippen LogP contribution < -0.4 is 14.2 Å². The van der Waals surface area contributed by atoms with Crippen LogP contribution in [0.4, 0.5) is 5.82 Å². The summed E-state index contributed by atoms with van der Waals surface area (Å²) in [7, 11) is -1.34. The number of fused-ring (bicyclic) bond motifs is 1. The zero-order valence-corrected chi connectivity index (χ0v) is 19.1. The molecular weight excluding hydrogens is 446 g/mol. The number of ether oxygens (including phenoxy) is 2. The molecule has 0 bridgehead atoms. The second-order valence-electron chi connectivity index (χ2n) is 7.32. The lowest BCUT2D eigenvalue weighted by Crippen LogP contribution is -2.17. The smallest absolute Gasteiger partial charge is 0.267 e. The molecule has 172 valence electrons. The van der Waals surface area contributed by atoms with Gasteiger partial charge in [0.15, 0.2) is 11.4 Å². The molecule has 0 saturated heterocycles. The van der Waals surface area contributed by atoms with Crippen LogP contribution >= 0.6 is 0 Å². The number of rotatable bonds is 8. The van der Waals surface area contributed by atoms with Gasteiger partial charge in [-0.2, -0.15) is 0 Å². The maximum absolute atomic E-state index is 13.2. The van der Waals surface area contributed by atoms with Gasteiger partial charge in [-0.3, -0.25) is 9.71 Å². The predicted octanol–water partition coefficient (Wildman–Crippen LogP) is 3.68. The van der Waals surface area contributed by atoms with Crippen LogP contribution in [0.2, 0.25) is 0 Å². The lowest BCUT2D eigenvalue weighted by atomic mass is 9.96. The average molecular weight is 470 g/mol. The van der Waals surface area contributed by atoms with Gasteiger partial charge in [-0.15, -0.1) is 0 Å². The molecule has 2 N–H and O–H groups in total. The molecule has 1 atom stereocenters. The molecule has 2 heterocycles. The van der Waals surface area contributed by atoms with E-state index in [4.69, 9.17) is 14.0 Å². The molecule has 10 heteroatoms. The fraction of sp³-hybridized carbons (Fsp3) is 0.217. The van der Waals surface area contributed by atoms with Gasteiger partial charge in [0.25, 0.3) is 10.0 Å². The first kappa shape index (κ1) is 22.6. The first-order valence-electron chi connectivity index (χ1n) is 10.1. The maximum atomic E-state index is 13.2. The number of anilines is 1. The number of nitrogens with zero attached hydrogens (tertiary/aromatic N) is 2. The molecule has 9 nitrogen and oxygen atoms in total. The van der Waals surface area contributed by atoms with E-state index >= 15 is 0 Å². The Morgan fingerprint density at radius 1 is 1.09 bits per heavy atom. The number of nitrogens with one attached hydrogen (secondary N) is 1. The Labute approximate surface area is 191 Å². The standard InChI is InChI=1S/C23H23N3O6S/c1-14(17-8-4-5-10-24-17)16-11-19(31-3)21-20(12-16)32-25-23(21)26-33(28,29)22-15(13-27)7-6-9-18(22)30-2/h4-12,14,27H,13H2,1-3H3,(H,25,26). The van der Waals surface area contributed by atoms with Crippen LogP contribution in [0.1, 0.15) is 29.7 Å². The third-order valence-corrected chi connectivity index (χ3v) is 6.83. The fourth-order valence-electron chi connectivity index (χ4n) is 3.67. The number of aliphatic hydroxyl groups is 1. The Morgan fingerprint density at radius 2 is 1.88 bits per heavy atom. The van der Waals surface area contributed by atoms with Crippen LogP contribution in [-0.4, -0.2) is 37.9 Å². The van der Waals surface area contributed by atoms with E-state index < -0.39 is 16.6 Å². The maximum Gasteiger partial charge on any atom is 0.267 e. The summed E-state index contributed by atoms with van der Waals surface area (Å²) in [4.78, 5) is 4.22. The van der Waals surface area contributed by atoms with Crippen LogP contribution in [0.15, 0.2) is 64.1 Å². The van der Waals surface area contributed by atoms with Crippen molar-refractivity contribution in [3.63, 3.8) is 0 Å². The van der Waals surface area contributed by atoms with Crippen LogP contribution in [0.5, 0.6) is 11.5 Å². The Morgan fingerprint density at radius 3 is 2.55 bits per heavy atom. The van der Waals surface area contributed by atoms with E-state index in [2.05, 4.69) is 14.9 Å². The molecule has 0 aliphatic heterocycles. The third-order valence-electron chi connectivity index (χ3n) is 5.36. The summed E-state index contributed by atoms with van der Waals surface area (Å²) in [5.74, 6) is 0.399. The lowest BCUT2D eigenvalue weighted by Gasteiger charge is -2.15. The summed E-state index contributed by atoms with van der Waals surface area (Å²) < 4.78 is 45.1. The van der Waals surface area contributed by atoms with Gasteiger partial charge < -0.3 is 19.1 Å². The molecule has 0 aliphatic rings. The van der Waals surface area contributed by atoms with Crippen molar-refractivity contribution in [2.45, 2.75) is 24.3 Å². The van der Waals surface area contributed by atoms with E-state index in [1.807, 2.05) is 25.1 Å². The van der Waals surface area contributed by atoms with Crippen LogP contribution in [-0.2, 0) is 16.6 Å². The van der Waals surface area contributed by atoms with E-state index in [9.17, 15) is 13.5 Å². The van der Waals surface area contributed by atoms with E-state index in [1.54, 1.807) is 24.4 Å². The number of hydrogen-bond donors (Lipinski definition) is 2. The molecular formula is C23H23N3O6S. The first-order valence-corrected chi connectivity index (χ1v) is 11.6. The van der Waals surface area contributed by atoms with Crippen LogP contribution in [0.3, 0.4) is 0 Å². The number of methoxy groups -OCH3 is 2. The zero-order valence-electron chi connectivity index (χ0n) is 18.3. The van der Waals surface area contributed by atoms with E-state index in [0.29, 0.717) is 16.7 Å². The minimum atomic E-state index is -4.18. The normalized spacial score (nSPS) is 12.5. The molecule has 1 unspecified atom stereocenters.